The Labute approximate surface area is 152 Å². The van der Waals surface area contributed by atoms with Crippen LogP contribution in [-0.4, -0.2) is 29.9 Å². The summed E-state index contributed by atoms with van der Waals surface area (Å²) in [5.41, 5.74) is 2.76. The number of hydrogen-bond acceptors (Lipinski definition) is 4. The maximum atomic E-state index is 13.2. The molecular weight excluding hydrogens is 330 g/mol. The Kier molecular flexibility index (Phi) is 4.32. The topological polar surface area (TPSA) is 56.1 Å². The van der Waals surface area contributed by atoms with E-state index in [1.807, 2.05) is 0 Å². The first kappa shape index (κ1) is 16.3. The van der Waals surface area contributed by atoms with Crippen LogP contribution in [0.4, 0.5) is 0 Å². The summed E-state index contributed by atoms with van der Waals surface area (Å²) in [5.74, 6) is 0.0797. The van der Waals surface area contributed by atoms with E-state index in [1.165, 1.54) is 5.56 Å². The second kappa shape index (κ2) is 6.62. The zero-order valence-electron chi connectivity index (χ0n) is 14.1. The molecule has 1 spiro atoms. The van der Waals surface area contributed by atoms with Gasteiger partial charge in [0, 0.05) is 18.2 Å². The SMILES string of the molecule is N#Cc1ccc(C(=O)N(Cc2ccsc2)C2CC23CCNCC3)cc1. The molecule has 1 N–H and O–H groups in total. The third-order valence-corrected chi connectivity index (χ3v) is 6.31. The maximum Gasteiger partial charge on any atom is 0.254 e. The van der Waals surface area contributed by atoms with Crippen molar-refractivity contribution in [2.45, 2.75) is 31.8 Å². The average Bonchev–Trinajstić information content (AvgIpc) is 3.08. The predicted octanol–water partition coefficient (Wildman–Crippen LogP) is 3.40. The Hall–Kier alpha value is -2.16. The van der Waals surface area contributed by atoms with Crippen LogP contribution in [0.2, 0.25) is 0 Å². The minimum absolute atomic E-state index is 0.0797. The molecule has 5 heteroatoms. The van der Waals surface area contributed by atoms with E-state index in [0.717, 1.165) is 32.4 Å². The highest BCUT2D eigenvalue weighted by atomic mass is 32.1. The Morgan fingerprint density at radius 1 is 1.28 bits per heavy atom. The normalized spacial score (nSPS) is 20.8. The van der Waals surface area contributed by atoms with Gasteiger partial charge in [-0.1, -0.05) is 0 Å². The summed E-state index contributed by atoms with van der Waals surface area (Å²) >= 11 is 1.67. The Morgan fingerprint density at radius 3 is 2.68 bits per heavy atom. The molecule has 0 radical (unpaired) electrons. The minimum Gasteiger partial charge on any atom is -0.331 e. The number of amides is 1. The Balaban J connectivity index is 1.58. The van der Waals surface area contributed by atoms with Crippen molar-refractivity contribution in [1.29, 1.82) is 5.26 Å². The van der Waals surface area contributed by atoms with Gasteiger partial charge in [-0.3, -0.25) is 4.79 Å². The Bertz CT molecular complexity index is 785. The van der Waals surface area contributed by atoms with E-state index < -0.39 is 0 Å². The molecule has 2 fully saturated rings. The van der Waals surface area contributed by atoms with E-state index in [2.05, 4.69) is 33.1 Å². The number of nitrogens with zero attached hydrogens (tertiary/aromatic N) is 2. The number of thiophene rings is 1. The molecule has 1 aliphatic heterocycles. The number of hydrogen-bond donors (Lipinski definition) is 1. The highest BCUT2D eigenvalue weighted by Crippen LogP contribution is 2.56. The van der Waals surface area contributed by atoms with Gasteiger partial charge in [0.1, 0.15) is 0 Å². The van der Waals surface area contributed by atoms with Gasteiger partial charge in [-0.2, -0.15) is 16.6 Å². The van der Waals surface area contributed by atoms with E-state index in [9.17, 15) is 4.79 Å². The summed E-state index contributed by atoms with van der Waals surface area (Å²) in [6, 6.07) is 11.5. The van der Waals surface area contributed by atoms with Crippen molar-refractivity contribution in [3.63, 3.8) is 0 Å². The number of benzene rings is 1. The molecule has 0 bridgehead atoms. The molecule has 25 heavy (non-hydrogen) atoms. The van der Waals surface area contributed by atoms with Crippen LogP contribution < -0.4 is 5.32 Å². The lowest BCUT2D eigenvalue weighted by atomic mass is 9.93. The first-order valence-electron chi connectivity index (χ1n) is 8.75. The van der Waals surface area contributed by atoms with E-state index in [-0.39, 0.29) is 5.91 Å². The fraction of sp³-hybridized carbons (Fsp3) is 0.400. The summed E-state index contributed by atoms with van der Waals surface area (Å²) in [7, 11) is 0. The molecule has 4 rings (SSSR count). The maximum absolute atomic E-state index is 13.2. The molecule has 2 aliphatic rings. The van der Waals surface area contributed by atoms with Gasteiger partial charge in [0.25, 0.3) is 5.91 Å². The third kappa shape index (κ3) is 3.20. The first-order chi connectivity index (χ1) is 12.2. The van der Waals surface area contributed by atoms with Crippen molar-refractivity contribution in [2.75, 3.05) is 13.1 Å². The quantitative estimate of drug-likeness (QED) is 0.918. The summed E-state index contributed by atoms with van der Waals surface area (Å²) in [6.07, 6.45) is 3.41. The van der Waals surface area contributed by atoms with Crippen LogP contribution >= 0.6 is 11.3 Å². The van der Waals surface area contributed by atoms with Crippen molar-refractivity contribution in [1.82, 2.24) is 10.2 Å². The van der Waals surface area contributed by atoms with Gasteiger partial charge < -0.3 is 10.2 Å². The largest absolute Gasteiger partial charge is 0.331 e. The van der Waals surface area contributed by atoms with Gasteiger partial charge in [-0.15, -0.1) is 0 Å². The van der Waals surface area contributed by atoms with Crippen LogP contribution in [0, 0.1) is 16.7 Å². The number of nitrogens with one attached hydrogen (secondary N) is 1. The van der Waals surface area contributed by atoms with Crippen molar-refractivity contribution < 1.29 is 4.79 Å². The molecule has 1 atom stereocenters. The second-order valence-corrected chi connectivity index (χ2v) is 7.87. The fourth-order valence-electron chi connectivity index (χ4n) is 3.98. The van der Waals surface area contributed by atoms with Crippen molar-refractivity contribution in [3.05, 3.63) is 57.8 Å². The van der Waals surface area contributed by atoms with Crippen molar-refractivity contribution >= 4 is 17.2 Å². The average molecular weight is 351 g/mol. The van der Waals surface area contributed by atoms with Gasteiger partial charge >= 0.3 is 0 Å². The smallest absolute Gasteiger partial charge is 0.254 e. The van der Waals surface area contributed by atoms with Crippen molar-refractivity contribution in [2.24, 2.45) is 5.41 Å². The van der Waals surface area contributed by atoms with Gasteiger partial charge in [0.2, 0.25) is 0 Å². The molecule has 1 aromatic heterocycles. The lowest BCUT2D eigenvalue weighted by molar-refractivity contribution is 0.0692. The molecule has 2 aromatic rings. The van der Waals surface area contributed by atoms with Gasteiger partial charge in [0.05, 0.1) is 11.6 Å². The van der Waals surface area contributed by atoms with Crippen LogP contribution in [0.5, 0.6) is 0 Å². The highest BCUT2D eigenvalue weighted by Gasteiger charge is 2.57. The standard InChI is InChI=1S/C20H21N3OS/c21-12-15-1-3-17(4-2-15)19(24)23(13-16-5-10-25-14-16)18-11-20(18)6-8-22-9-7-20/h1-5,10,14,18,22H,6-9,11,13H2. The molecule has 1 aromatic carbocycles. The number of nitriles is 1. The van der Waals surface area contributed by atoms with E-state index in [0.29, 0.717) is 29.1 Å². The molecule has 1 saturated carbocycles. The first-order valence-corrected chi connectivity index (χ1v) is 9.69. The summed E-state index contributed by atoms with van der Waals surface area (Å²) in [6.45, 7) is 2.77. The monoisotopic (exact) mass is 351 g/mol. The highest BCUT2D eigenvalue weighted by molar-refractivity contribution is 7.07. The van der Waals surface area contributed by atoms with Crippen molar-refractivity contribution in [3.8, 4) is 6.07 Å². The Morgan fingerprint density at radius 2 is 2.04 bits per heavy atom. The molecule has 2 heterocycles. The summed E-state index contributed by atoms with van der Waals surface area (Å²) < 4.78 is 0. The van der Waals surface area contributed by atoms with Gasteiger partial charge in [-0.05, 0) is 84.4 Å². The zero-order valence-corrected chi connectivity index (χ0v) is 14.9. The minimum atomic E-state index is 0.0797. The number of rotatable bonds is 4. The number of carbonyl (C=O) groups is 1. The number of carbonyl (C=O) groups excluding carboxylic acids is 1. The van der Waals surface area contributed by atoms with Crippen LogP contribution in [0.25, 0.3) is 0 Å². The van der Waals surface area contributed by atoms with Crippen LogP contribution in [0.3, 0.4) is 0 Å². The van der Waals surface area contributed by atoms with Gasteiger partial charge in [0.15, 0.2) is 0 Å². The lowest BCUT2D eigenvalue weighted by Crippen LogP contribution is -2.39. The molecule has 128 valence electrons. The summed E-state index contributed by atoms with van der Waals surface area (Å²) in [4.78, 5) is 15.3. The molecule has 1 amide bonds. The van der Waals surface area contributed by atoms with Crippen LogP contribution in [0.15, 0.2) is 41.1 Å². The molecule has 4 nitrogen and oxygen atoms in total. The molecular formula is C20H21N3OS. The summed E-state index contributed by atoms with van der Waals surface area (Å²) in [5, 5.41) is 16.6. The van der Waals surface area contributed by atoms with E-state index in [4.69, 9.17) is 5.26 Å². The lowest BCUT2D eigenvalue weighted by Gasteiger charge is -2.29. The van der Waals surface area contributed by atoms with Crippen LogP contribution in [0.1, 0.15) is 40.7 Å². The molecule has 1 aliphatic carbocycles. The molecule has 1 saturated heterocycles. The van der Waals surface area contributed by atoms with E-state index in [1.54, 1.807) is 35.6 Å². The fourth-order valence-corrected chi connectivity index (χ4v) is 4.64. The second-order valence-electron chi connectivity index (χ2n) is 7.09. The van der Waals surface area contributed by atoms with Gasteiger partial charge in [-0.25, -0.2) is 0 Å². The molecule has 1 unspecified atom stereocenters. The van der Waals surface area contributed by atoms with E-state index >= 15 is 0 Å². The number of piperidine rings is 1. The zero-order chi connectivity index (χ0) is 17.3. The predicted molar refractivity (Wildman–Crippen MR) is 98.3 cm³/mol. The van der Waals surface area contributed by atoms with Crippen LogP contribution in [-0.2, 0) is 6.54 Å². The third-order valence-electron chi connectivity index (χ3n) is 5.58.